The molecule has 20 heavy (non-hydrogen) atoms. The number of aryl methyl sites for hydroxylation is 1. The normalized spacial score (nSPS) is 10.3. The van der Waals surface area contributed by atoms with E-state index >= 15 is 0 Å². The predicted molar refractivity (Wildman–Crippen MR) is 77.1 cm³/mol. The van der Waals surface area contributed by atoms with Crippen molar-refractivity contribution in [3.8, 4) is 11.6 Å². The molecular formula is C14H11Cl2NO3. The van der Waals surface area contributed by atoms with E-state index in [1.807, 2.05) is 6.92 Å². The zero-order chi connectivity index (χ0) is 14.7. The first-order valence-corrected chi connectivity index (χ1v) is 6.62. The summed E-state index contributed by atoms with van der Waals surface area (Å²) in [5, 5.41) is 9.68. The van der Waals surface area contributed by atoms with Gasteiger partial charge in [0.15, 0.2) is 0 Å². The van der Waals surface area contributed by atoms with Crippen LogP contribution in [0.3, 0.4) is 0 Å². The number of hydrogen-bond acceptors (Lipinski definition) is 3. The molecule has 1 aromatic heterocycles. The molecule has 0 atom stereocenters. The minimum absolute atomic E-state index is 0.0182. The number of halogens is 2. The number of aromatic carboxylic acids is 1. The number of benzene rings is 1. The Bertz CT molecular complexity index is 659. The van der Waals surface area contributed by atoms with Crippen LogP contribution in [0.5, 0.6) is 11.6 Å². The largest absolute Gasteiger partial charge is 0.478 e. The van der Waals surface area contributed by atoms with Gasteiger partial charge in [-0.3, -0.25) is 0 Å². The first kappa shape index (κ1) is 14.6. The average Bonchev–Trinajstić information content (AvgIpc) is 2.40. The fourth-order valence-corrected chi connectivity index (χ4v) is 2.11. The molecule has 1 aromatic carbocycles. The maximum absolute atomic E-state index is 10.9. The van der Waals surface area contributed by atoms with Crippen molar-refractivity contribution in [3.05, 3.63) is 51.6 Å². The van der Waals surface area contributed by atoms with Crippen molar-refractivity contribution in [1.29, 1.82) is 0 Å². The van der Waals surface area contributed by atoms with E-state index in [2.05, 4.69) is 4.98 Å². The number of ether oxygens (including phenoxy) is 1. The molecule has 1 N–H and O–H groups in total. The summed E-state index contributed by atoms with van der Waals surface area (Å²) >= 11 is 11.8. The molecule has 1 heterocycles. The van der Waals surface area contributed by atoms with E-state index in [9.17, 15) is 4.79 Å². The summed E-state index contributed by atoms with van der Waals surface area (Å²) in [6, 6.07) is 7.76. The zero-order valence-corrected chi connectivity index (χ0v) is 12.1. The average molecular weight is 312 g/mol. The van der Waals surface area contributed by atoms with Crippen molar-refractivity contribution < 1.29 is 14.6 Å². The van der Waals surface area contributed by atoms with Crippen molar-refractivity contribution in [2.45, 2.75) is 13.3 Å². The van der Waals surface area contributed by atoms with Crippen molar-refractivity contribution in [1.82, 2.24) is 4.98 Å². The third-order valence-corrected chi connectivity index (χ3v) is 3.20. The number of carboxylic acid groups (broad SMARTS) is 1. The molecule has 0 amide bonds. The number of aromatic nitrogens is 1. The maximum atomic E-state index is 10.9. The van der Waals surface area contributed by atoms with Gasteiger partial charge in [-0.1, -0.05) is 30.1 Å². The molecule has 0 saturated heterocycles. The van der Waals surface area contributed by atoms with Crippen molar-refractivity contribution in [3.63, 3.8) is 0 Å². The van der Waals surface area contributed by atoms with Gasteiger partial charge < -0.3 is 9.84 Å². The fraction of sp³-hybridized carbons (Fsp3) is 0.143. The van der Waals surface area contributed by atoms with Gasteiger partial charge in [0.05, 0.1) is 5.56 Å². The second-order valence-corrected chi connectivity index (χ2v) is 4.83. The second-order valence-electron chi connectivity index (χ2n) is 4.03. The molecule has 2 aromatic rings. The number of rotatable bonds is 4. The van der Waals surface area contributed by atoms with E-state index in [1.165, 1.54) is 12.1 Å². The Morgan fingerprint density at radius 2 is 2.05 bits per heavy atom. The molecule has 0 aliphatic heterocycles. The van der Waals surface area contributed by atoms with E-state index in [0.717, 1.165) is 12.0 Å². The minimum atomic E-state index is -1.09. The van der Waals surface area contributed by atoms with Crippen LogP contribution < -0.4 is 4.74 Å². The van der Waals surface area contributed by atoms with Crippen molar-refractivity contribution in [2.24, 2.45) is 0 Å². The standard InChI is InChI=1S/C14H11Cl2NO3/c1-2-8-5-10(3-4-11(8)15)20-13-7-9(14(18)19)6-12(16)17-13/h3-7H,2H2,1H3,(H,18,19). The lowest BCUT2D eigenvalue weighted by atomic mass is 10.1. The number of carboxylic acids is 1. The summed E-state index contributed by atoms with van der Waals surface area (Å²) < 4.78 is 5.53. The highest BCUT2D eigenvalue weighted by Crippen LogP contribution is 2.27. The number of nitrogens with zero attached hydrogens (tertiary/aromatic N) is 1. The first-order chi connectivity index (χ1) is 9.49. The molecule has 6 heteroatoms. The Morgan fingerprint density at radius 3 is 2.70 bits per heavy atom. The van der Waals surface area contributed by atoms with Gasteiger partial charge in [0, 0.05) is 11.1 Å². The van der Waals surface area contributed by atoms with Gasteiger partial charge in [0.25, 0.3) is 0 Å². The fourth-order valence-electron chi connectivity index (χ4n) is 1.65. The second kappa shape index (κ2) is 6.11. The first-order valence-electron chi connectivity index (χ1n) is 5.86. The molecule has 0 bridgehead atoms. The Morgan fingerprint density at radius 1 is 1.30 bits per heavy atom. The molecule has 0 spiro atoms. The molecule has 104 valence electrons. The van der Waals surface area contributed by atoms with Gasteiger partial charge in [0.2, 0.25) is 5.88 Å². The maximum Gasteiger partial charge on any atom is 0.335 e. The third kappa shape index (κ3) is 3.40. The summed E-state index contributed by atoms with van der Waals surface area (Å²) in [5.74, 6) is -0.443. The van der Waals surface area contributed by atoms with E-state index in [1.54, 1.807) is 18.2 Å². The Labute approximate surface area is 125 Å². The predicted octanol–water partition coefficient (Wildman–Crippen LogP) is 4.44. The van der Waals surface area contributed by atoms with Crippen LogP contribution in [-0.2, 0) is 6.42 Å². The Balaban J connectivity index is 2.32. The van der Waals surface area contributed by atoms with Gasteiger partial charge in [-0.05, 0) is 36.2 Å². The summed E-state index contributed by atoms with van der Waals surface area (Å²) in [4.78, 5) is 14.9. The Hall–Kier alpha value is -1.78. The van der Waals surface area contributed by atoms with Crippen LogP contribution in [0.1, 0.15) is 22.8 Å². The van der Waals surface area contributed by atoms with Crippen LogP contribution in [0.4, 0.5) is 0 Å². The molecule has 0 radical (unpaired) electrons. The van der Waals surface area contributed by atoms with E-state index < -0.39 is 5.97 Å². The number of carbonyl (C=O) groups is 1. The molecular weight excluding hydrogens is 301 g/mol. The molecule has 0 fully saturated rings. The van der Waals surface area contributed by atoms with E-state index in [4.69, 9.17) is 33.0 Å². The number of hydrogen-bond donors (Lipinski definition) is 1. The lowest BCUT2D eigenvalue weighted by Gasteiger charge is -2.08. The summed E-state index contributed by atoms with van der Waals surface area (Å²) in [6.07, 6.45) is 0.763. The van der Waals surface area contributed by atoms with Gasteiger partial charge in [-0.25, -0.2) is 9.78 Å². The smallest absolute Gasteiger partial charge is 0.335 e. The van der Waals surface area contributed by atoms with E-state index in [0.29, 0.717) is 10.8 Å². The molecule has 0 aliphatic rings. The topological polar surface area (TPSA) is 59.4 Å². The van der Waals surface area contributed by atoms with Crippen LogP contribution in [0.25, 0.3) is 0 Å². The minimum Gasteiger partial charge on any atom is -0.478 e. The zero-order valence-electron chi connectivity index (χ0n) is 10.6. The molecule has 0 unspecified atom stereocenters. The van der Waals surface area contributed by atoms with Crippen LogP contribution in [0.2, 0.25) is 10.2 Å². The van der Waals surface area contributed by atoms with Gasteiger partial charge in [-0.15, -0.1) is 0 Å². The third-order valence-electron chi connectivity index (χ3n) is 2.64. The van der Waals surface area contributed by atoms with Crippen LogP contribution in [-0.4, -0.2) is 16.1 Å². The molecule has 0 aliphatic carbocycles. The van der Waals surface area contributed by atoms with E-state index in [-0.39, 0.29) is 16.6 Å². The Kier molecular flexibility index (Phi) is 4.47. The molecule has 2 rings (SSSR count). The molecule has 4 nitrogen and oxygen atoms in total. The quantitative estimate of drug-likeness (QED) is 0.848. The van der Waals surface area contributed by atoms with Gasteiger partial charge >= 0.3 is 5.97 Å². The van der Waals surface area contributed by atoms with Crippen molar-refractivity contribution >= 4 is 29.2 Å². The highest BCUT2D eigenvalue weighted by Gasteiger charge is 2.10. The summed E-state index contributed by atoms with van der Waals surface area (Å²) in [5.41, 5.74) is 0.953. The monoisotopic (exact) mass is 311 g/mol. The SMILES string of the molecule is CCc1cc(Oc2cc(C(=O)O)cc(Cl)n2)ccc1Cl. The van der Waals surface area contributed by atoms with Gasteiger partial charge in [0.1, 0.15) is 10.9 Å². The summed E-state index contributed by atoms with van der Waals surface area (Å²) in [6.45, 7) is 1.98. The van der Waals surface area contributed by atoms with Crippen LogP contribution in [0.15, 0.2) is 30.3 Å². The van der Waals surface area contributed by atoms with Crippen molar-refractivity contribution in [2.75, 3.05) is 0 Å². The lowest BCUT2D eigenvalue weighted by molar-refractivity contribution is 0.0696. The highest BCUT2D eigenvalue weighted by atomic mass is 35.5. The lowest BCUT2D eigenvalue weighted by Crippen LogP contribution is -1.99. The number of pyridine rings is 1. The summed E-state index contributed by atoms with van der Waals surface area (Å²) in [7, 11) is 0. The van der Waals surface area contributed by atoms with Gasteiger partial charge in [-0.2, -0.15) is 0 Å². The van der Waals surface area contributed by atoms with Crippen LogP contribution >= 0.6 is 23.2 Å². The highest BCUT2D eigenvalue weighted by molar-refractivity contribution is 6.31. The van der Waals surface area contributed by atoms with Crippen LogP contribution in [0, 0.1) is 0 Å². The molecule has 0 saturated carbocycles.